The Bertz CT molecular complexity index is 628. The maximum Gasteiger partial charge on any atom is 0.328 e. The number of benzene rings is 1. The molecule has 20 heavy (non-hydrogen) atoms. The fourth-order valence-corrected chi connectivity index (χ4v) is 4.35. The number of sulfone groups is 1. The summed E-state index contributed by atoms with van der Waals surface area (Å²) in [5.74, 6) is -1.90. The van der Waals surface area contributed by atoms with Crippen LogP contribution in [0.2, 0.25) is 0 Å². The van der Waals surface area contributed by atoms with Crippen LogP contribution in [0.15, 0.2) is 24.3 Å². The lowest BCUT2D eigenvalue weighted by Gasteiger charge is -2.10. The summed E-state index contributed by atoms with van der Waals surface area (Å²) in [4.78, 5) is 11.9. The van der Waals surface area contributed by atoms with E-state index in [0.717, 1.165) is 6.26 Å². The van der Waals surface area contributed by atoms with E-state index in [1.54, 1.807) is 6.92 Å². The molecule has 0 aromatic heterocycles. The summed E-state index contributed by atoms with van der Waals surface area (Å²) < 4.78 is 41.4. The van der Waals surface area contributed by atoms with Gasteiger partial charge in [-0.3, -0.25) is 0 Å². The first-order valence-corrected chi connectivity index (χ1v) is 8.08. The van der Waals surface area contributed by atoms with Crippen LogP contribution < -0.4 is 5.73 Å². The van der Waals surface area contributed by atoms with Gasteiger partial charge in [0.2, 0.25) is 0 Å². The normalized spacial score (nSPS) is 29.0. The van der Waals surface area contributed by atoms with Gasteiger partial charge in [0.1, 0.15) is 11.4 Å². The van der Waals surface area contributed by atoms with Gasteiger partial charge in [-0.15, -0.1) is 0 Å². The van der Waals surface area contributed by atoms with Gasteiger partial charge in [-0.1, -0.05) is 12.1 Å². The second-order valence-corrected chi connectivity index (χ2v) is 7.10. The quantitative estimate of drug-likeness (QED) is 0.823. The van der Waals surface area contributed by atoms with Crippen molar-refractivity contribution < 1.29 is 22.3 Å². The number of hydrogen-bond acceptors (Lipinski definition) is 5. The van der Waals surface area contributed by atoms with E-state index in [1.807, 2.05) is 0 Å². The number of nitrogens with two attached hydrogens (primary N) is 1. The van der Waals surface area contributed by atoms with Crippen molar-refractivity contribution in [1.82, 2.24) is 0 Å². The molecule has 0 saturated heterocycles. The molecule has 1 aromatic rings. The molecule has 0 spiro atoms. The highest BCUT2D eigenvalue weighted by Crippen LogP contribution is 2.54. The molecular weight excluding hydrogens is 285 g/mol. The summed E-state index contributed by atoms with van der Waals surface area (Å²) in [5, 5.41) is -1.04. The van der Waals surface area contributed by atoms with Crippen LogP contribution in [-0.4, -0.2) is 38.0 Å². The van der Waals surface area contributed by atoms with Crippen LogP contribution in [0.3, 0.4) is 0 Å². The van der Waals surface area contributed by atoms with E-state index in [4.69, 9.17) is 10.5 Å². The minimum absolute atomic E-state index is 0.115. The van der Waals surface area contributed by atoms with Gasteiger partial charge in [0.05, 0.1) is 11.9 Å². The molecule has 1 aliphatic carbocycles. The summed E-state index contributed by atoms with van der Waals surface area (Å²) in [7, 11) is -3.53. The lowest BCUT2D eigenvalue weighted by molar-refractivity contribution is -0.145. The monoisotopic (exact) mass is 301 g/mol. The summed E-state index contributed by atoms with van der Waals surface area (Å²) in [6, 6.07) is 5.29. The molecule has 0 unspecified atom stereocenters. The zero-order chi connectivity index (χ0) is 15.1. The summed E-state index contributed by atoms with van der Waals surface area (Å²) in [6.07, 6.45) is 1.03. The smallest absolute Gasteiger partial charge is 0.328 e. The Morgan fingerprint density at radius 1 is 1.40 bits per heavy atom. The van der Waals surface area contributed by atoms with Crippen LogP contribution >= 0.6 is 0 Å². The van der Waals surface area contributed by atoms with Gasteiger partial charge >= 0.3 is 5.97 Å². The molecule has 0 bridgehead atoms. The van der Waals surface area contributed by atoms with Crippen molar-refractivity contribution in [3.8, 4) is 0 Å². The molecule has 1 aliphatic rings. The van der Waals surface area contributed by atoms with Crippen LogP contribution in [0.25, 0.3) is 0 Å². The first kappa shape index (κ1) is 14.9. The Labute approximate surface area is 116 Å². The minimum Gasteiger partial charge on any atom is -0.465 e. The summed E-state index contributed by atoms with van der Waals surface area (Å²) in [5.41, 5.74) is 4.89. The molecule has 2 N–H and O–H groups in total. The van der Waals surface area contributed by atoms with Crippen molar-refractivity contribution in [2.24, 2.45) is 5.73 Å². The molecule has 110 valence electrons. The number of halogens is 1. The fraction of sp³-hybridized carbons (Fsp3) is 0.462. The number of carbonyl (C=O) groups excluding carboxylic acids is 1. The van der Waals surface area contributed by atoms with E-state index in [-0.39, 0.29) is 6.61 Å². The summed E-state index contributed by atoms with van der Waals surface area (Å²) in [6.45, 7) is 1.73. The van der Waals surface area contributed by atoms with E-state index in [2.05, 4.69) is 0 Å². The third-order valence-electron chi connectivity index (χ3n) is 3.50. The van der Waals surface area contributed by atoms with Crippen LogP contribution in [0, 0.1) is 5.82 Å². The molecular formula is C13H16FNO4S. The maximum absolute atomic E-state index is 12.9. The molecule has 1 fully saturated rings. The number of hydrogen-bond donors (Lipinski definition) is 1. The van der Waals surface area contributed by atoms with E-state index in [0.29, 0.717) is 5.56 Å². The zero-order valence-corrected chi connectivity index (χ0v) is 12.0. The molecule has 7 heteroatoms. The average molecular weight is 301 g/mol. The second-order valence-electron chi connectivity index (χ2n) is 4.93. The van der Waals surface area contributed by atoms with Crippen LogP contribution in [0.4, 0.5) is 4.39 Å². The zero-order valence-electron chi connectivity index (χ0n) is 11.2. The first-order valence-electron chi connectivity index (χ1n) is 6.13. The Hall–Kier alpha value is -1.47. The molecule has 5 nitrogen and oxygen atoms in total. The first-order chi connectivity index (χ1) is 9.22. The molecule has 2 rings (SSSR count). The Morgan fingerprint density at radius 3 is 2.40 bits per heavy atom. The van der Waals surface area contributed by atoms with Crippen LogP contribution in [-0.2, 0) is 19.4 Å². The van der Waals surface area contributed by atoms with E-state index in [1.165, 1.54) is 24.3 Å². The molecule has 1 aromatic carbocycles. The second kappa shape index (κ2) is 4.82. The van der Waals surface area contributed by atoms with Gasteiger partial charge in [-0.2, -0.15) is 0 Å². The van der Waals surface area contributed by atoms with Gasteiger partial charge in [0.25, 0.3) is 0 Å². The van der Waals surface area contributed by atoms with Crippen molar-refractivity contribution >= 4 is 15.8 Å². The standard InChI is InChI=1S/C13H16FNO4S/c1-3-19-12(16)13(15)10(11(13)20(2,17)18)8-4-6-9(14)7-5-8/h4-7,10-11H,3,15H2,1-2H3/t10-,11+,13-/m0/s1. The third kappa shape index (κ3) is 2.31. The number of esters is 1. The molecule has 3 atom stereocenters. The third-order valence-corrected chi connectivity index (χ3v) is 5.08. The number of carbonyl (C=O) groups is 1. The molecule has 0 amide bonds. The van der Waals surface area contributed by atoms with Crippen molar-refractivity contribution in [2.45, 2.75) is 23.6 Å². The Kier molecular flexibility index (Phi) is 3.60. The molecule has 1 saturated carbocycles. The highest BCUT2D eigenvalue weighted by atomic mass is 32.2. The largest absolute Gasteiger partial charge is 0.465 e. The van der Waals surface area contributed by atoms with Crippen LogP contribution in [0.5, 0.6) is 0 Å². The van der Waals surface area contributed by atoms with Gasteiger partial charge in [-0.25, -0.2) is 17.6 Å². The highest BCUT2D eigenvalue weighted by Gasteiger charge is 2.73. The average Bonchev–Trinajstić information content (AvgIpc) is 2.99. The Balaban J connectivity index is 2.41. The number of rotatable bonds is 4. The van der Waals surface area contributed by atoms with Gasteiger partial charge in [-0.05, 0) is 24.6 Å². The summed E-state index contributed by atoms with van der Waals surface area (Å²) >= 11 is 0. The lowest BCUT2D eigenvalue weighted by Crippen LogP contribution is -2.41. The van der Waals surface area contributed by atoms with Crippen LogP contribution in [0.1, 0.15) is 18.4 Å². The van der Waals surface area contributed by atoms with Gasteiger partial charge in [0, 0.05) is 12.2 Å². The van der Waals surface area contributed by atoms with Crippen molar-refractivity contribution in [2.75, 3.05) is 12.9 Å². The van der Waals surface area contributed by atoms with Crippen molar-refractivity contribution in [1.29, 1.82) is 0 Å². The maximum atomic E-state index is 12.9. The van der Waals surface area contributed by atoms with Gasteiger partial charge in [0.15, 0.2) is 9.84 Å². The predicted molar refractivity (Wildman–Crippen MR) is 71.3 cm³/mol. The molecule has 0 heterocycles. The minimum atomic E-state index is -3.53. The van der Waals surface area contributed by atoms with Crippen molar-refractivity contribution in [3.63, 3.8) is 0 Å². The van der Waals surface area contributed by atoms with Crippen molar-refractivity contribution in [3.05, 3.63) is 35.6 Å². The molecule has 0 radical (unpaired) electrons. The SMILES string of the molecule is CCOC(=O)[C@@]1(N)[C@H](S(C)(=O)=O)[C@@H]1c1ccc(F)cc1. The fourth-order valence-electron chi connectivity index (χ4n) is 2.60. The highest BCUT2D eigenvalue weighted by molar-refractivity contribution is 7.91. The topological polar surface area (TPSA) is 86.5 Å². The Morgan fingerprint density at radius 2 is 1.95 bits per heavy atom. The number of ether oxygens (including phenoxy) is 1. The predicted octanol–water partition coefficient (Wildman–Crippen LogP) is 0.597. The van der Waals surface area contributed by atoms with E-state index >= 15 is 0 Å². The van der Waals surface area contributed by atoms with E-state index < -0.39 is 38.3 Å². The lowest BCUT2D eigenvalue weighted by atomic mass is 10.1. The van der Waals surface area contributed by atoms with Gasteiger partial charge < -0.3 is 10.5 Å². The molecule has 0 aliphatic heterocycles. The van der Waals surface area contributed by atoms with E-state index in [9.17, 15) is 17.6 Å².